The van der Waals surface area contributed by atoms with Gasteiger partial charge in [0, 0.05) is 49.1 Å². The monoisotopic (exact) mass is 479 g/mol. The van der Waals surface area contributed by atoms with Crippen LogP contribution in [0.5, 0.6) is 0 Å². The van der Waals surface area contributed by atoms with Crippen molar-refractivity contribution >= 4 is 27.4 Å². The van der Waals surface area contributed by atoms with Crippen LogP contribution in [0.3, 0.4) is 0 Å². The highest BCUT2D eigenvalue weighted by Crippen LogP contribution is 2.36. The minimum Gasteiger partial charge on any atom is -0.355 e. The maximum atomic E-state index is 14.1. The SMILES string of the molecule is CC1CN(c2nc3c(cc2C(=O)Nc2ccnc(S(N)(=O)=O)c2)CCCCC3)CCC1(F)F. The minimum atomic E-state index is -4.04. The number of fused-ring (bicyclic) bond motifs is 1. The molecule has 0 saturated carbocycles. The number of alkyl halides is 2. The lowest BCUT2D eigenvalue weighted by atomic mass is 9.94. The molecule has 1 aliphatic heterocycles. The van der Waals surface area contributed by atoms with Crippen molar-refractivity contribution in [3.63, 3.8) is 0 Å². The molecular weight excluding hydrogens is 452 g/mol. The van der Waals surface area contributed by atoms with E-state index in [9.17, 15) is 22.0 Å². The van der Waals surface area contributed by atoms with E-state index in [1.54, 1.807) is 11.0 Å². The predicted octanol–water partition coefficient (Wildman–Crippen LogP) is 3.13. The number of aromatic nitrogens is 2. The number of amides is 1. The topological polar surface area (TPSA) is 118 Å². The molecule has 11 heteroatoms. The number of nitrogens with zero attached hydrogens (tertiary/aromatic N) is 3. The van der Waals surface area contributed by atoms with Gasteiger partial charge < -0.3 is 10.2 Å². The molecule has 1 amide bonds. The Morgan fingerprint density at radius 1 is 1.24 bits per heavy atom. The van der Waals surface area contributed by atoms with Crippen molar-refractivity contribution < 1.29 is 22.0 Å². The fourth-order valence-corrected chi connectivity index (χ4v) is 4.83. The standard InChI is InChI=1S/C22H27F2N5O3S/c1-14-13-29(10-8-22(14,23)24)20-17(11-15-5-3-2-4-6-18(15)28-20)21(30)27-16-7-9-26-19(12-16)33(25,31)32/h7,9,11-12,14H,2-6,8,10,13H2,1H3,(H2,25,31,32)(H,26,27,30). The van der Waals surface area contributed by atoms with Crippen molar-refractivity contribution in [3.8, 4) is 0 Å². The highest BCUT2D eigenvalue weighted by Gasteiger charge is 2.42. The Hall–Kier alpha value is -2.66. The van der Waals surface area contributed by atoms with Crippen molar-refractivity contribution in [2.45, 2.75) is 56.4 Å². The lowest BCUT2D eigenvalue weighted by Crippen LogP contribution is -2.46. The van der Waals surface area contributed by atoms with Gasteiger partial charge in [0.1, 0.15) is 5.82 Å². The van der Waals surface area contributed by atoms with Crippen molar-refractivity contribution in [1.82, 2.24) is 9.97 Å². The summed E-state index contributed by atoms with van der Waals surface area (Å²) in [7, 11) is -4.04. The molecule has 8 nitrogen and oxygen atoms in total. The molecule has 0 bridgehead atoms. The van der Waals surface area contributed by atoms with Gasteiger partial charge in [-0.1, -0.05) is 13.3 Å². The van der Waals surface area contributed by atoms with Gasteiger partial charge in [-0.2, -0.15) is 0 Å². The van der Waals surface area contributed by atoms with E-state index in [1.165, 1.54) is 25.3 Å². The largest absolute Gasteiger partial charge is 0.355 e. The summed E-state index contributed by atoms with van der Waals surface area (Å²) >= 11 is 0. The average Bonchev–Trinajstić information content (AvgIpc) is 2.99. The number of halogens is 2. The number of piperidine rings is 1. The van der Waals surface area contributed by atoms with E-state index in [-0.39, 0.29) is 35.8 Å². The van der Waals surface area contributed by atoms with E-state index in [0.717, 1.165) is 43.4 Å². The van der Waals surface area contributed by atoms with Crippen LogP contribution in [0, 0.1) is 5.92 Å². The fraction of sp³-hybridized carbons (Fsp3) is 0.500. The summed E-state index contributed by atoms with van der Waals surface area (Å²) in [5.74, 6) is -3.75. The number of carbonyl (C=O) groups excluding carboxylic acids is 1. The summed E-state index contributed by atoms with van der Waals surface area (Å²) in [6, 6.07) is 4.43. The lowest BCUT2D eigenvalue weighted by Gasteiger charge is -2.38. The Bertz CT molecular complexity index is 1170. The lowest BCUT2D eigenvalue weighted by molar-refractivity contribution is -0.0652. The number of carbonyl (C=O) groups is 1. The number of nitrogens with two attached hydrogens (primary N) is 1. The molecule has 0 radical (unpaired) electrons. The van der Waals surface area contributed by atoms with Gasteiger partial charge in [0.15, 0.2) is 5.03 Å². The minimum absolute atomic E-state index is 0.0872. The zero-order valence-electron chi connectivity index (χ0n) is 18.4. The third kappa shape index (κ3) is 5.14. The van der Waals surface area contributed by atoms with Crippen LogP contribution in [0.25, 0.3) is 0 Å². The van der Waals surface area contributed by atoms with Gasteiger partial charge in [-0.3, -0.25) is 4.79 Å². The third-order valence-electron chi connectivity index (χ3n) is 6.29. The first kappa shape index (κ1) is 23.5. The normalized spacial score (nSPS) is 20.6. The quantitative estimate of drug-likeness (QED) is 0.651. The van der Waals surface area contributed by atoms with Crippen molar-refractivity contribution in [1.29, 1.82) is 0 Å². The van der Waals surface area contributed by atoms with Crippen molar-refractivity contribution in [2.75, 3.05) is 23.3 Å². The summed E-state index contributed by atoms with van der Waals surface area (Å²) in [5, 5.41) is 7.45. The van der Waals surface area contributed by atoms with Gasteiger partial charge >= 0.3 is 0 Å². The first-order valence-corrected chi connectivity index (χ1v) is 12.5. The zero-order valence-corrected chi connectivity index (χ0v) is 19.2. The van der Waals surface area contributed by atoms with Crippen molar-refractivity contribution in [2.24, 2.45) is 11.1 Å². The highest BCUT2D eigenvalue weighted by molar-refractivity contribution is 7.89. The van der Waals surface area contributed by atoms with Crippen molar-refractivity contribution in [3.05, 3.63) is 41.2 Å². The smallest absolute Gasteiger partial charge is 0.259 e. The maximum Gasteiger partial charge on any atom is 0.259 e. The first-order valence-electron chi connectivity index (χ1n) is 11.0. The number of rotatable bonds is 4. The maximum absolute atomic E-state index is 14.1. The predicted molar refractivity (Wildman–Crippen MR) is 120 cm³/mol. The Morgan fingerprint density at radius 3 is 2.73 bits per heavy atom. The van der Waals surface area contributed by atoms with Gasteiger partial charge in [0.05, 0.1) is 5.56 Å². The Kier molecular flexibility index (Phi) is 6.37. The van der Waals surface area contributed by atoms with E-state index in [4.69, 9.17) is 10.1 Å². The van der Waals surface area contributed by atoms with Crippen LogP contribution in [0.4, 0.5) is 20.3 Å². The molecule has 0 spiro atoms. The van der Waals surface area contributed by atoms with Crippen LogP contribution in [0.15, 0.2) is 29.4 Å². The molecule has 178 valence electrons. The van der Waals surface area contributed by atoms with Crippen LogP contribution in [0.2, 0.25) is 0 Å². The molecular formula is C22H27F2N5O3S. The molecule has 1 aliphatic carbocycles. The molecule has 1 fully saturated rings. The number of aryl methyl sites for hydroxylation is 2. The second-order valence-corrected chi connectivity index (χ2v) is 10.3. The molecule has 2 aromatic heterocycles. The Balaban J connectivity index is 1.70. The summed E-state index contributed by atoms with van der Waals surface area (Å²) in [6.45, 7) is 1.68. The van der Waals surface area contributed by atoms with Gasteiger partial charge in [0.25, 0.3) is 21.9 Å². The molecule has 4 rings (SSSR count). The third-order valence-corrected chi connectivity index (χ3v) is 7.10. The number of hydrogen-bond donors (Lipinski definition) is 2. The van der Waals surface area contributed by atoms with E-state index in [1.807, 2.05) is 0 Å². The van der Waals surface area contributed by atoms with E-state index in [2.05, 4.69) is 10.3 Å². The average molecular weight is 480 g/mol. The summed E-state index contributed by atoms with van der Waals surface area (Å²) in [6.07, 6.45) is 5.55. The zero-order chi connectivity index (χ0) is 23.8. The van der Waals surface area contributed by atoms with Crippen LogP contribution in [-0.4, -0.2) is 43.3 Å². The van der Waals surface area contributed by atoms with Gasteiger partial charge in [0.2, 0.25) is 0 Å². The summed E-state index contributed by atoms with van der Waals surface area (Å²) in [5.41, 5.74) is 2.38. The van der Waals surface area contributed by atoms with Crippen LogP contribution < -0.4 is 15.4 Å². The molecule has 1 atom stereocenters. The molecule has 1 unspecified atom stereocenters. The van der Waals surface area contributed by atoms with E-state index >= 15 is 0 Å². The Labute approximate surface area is 191 Å². The van der Waals surface area contributed by atoms with Gasteiger partial charge in [-0.05, 0) is 43.4 Å². The van der Waals surface area contributed by atoms with Crippen LogP contribution in [0.1, 0.15) is 54.2 Å². The molecule has 3 N–H and O–H groups in total. The number of pyridine rings is 2. The number of sulfonamides is 1. The van der Waals surface area contributed by atoms with Crippen LogP contribution >= 0.6 is 0 Å². The molecule has 1 saturated heterocycles. The van der Waals surface area contributed by atoms with Gasteiger partial charge in [-0.25, -0.2) is 32.3 Å². The summed E-state index contributed by atoms with van der Waals surface area (Å²) in [4.78, 5) is 23.6. The van der Waals surface area contributed by atoms with E-state index in [0.29, 0.717) is 5.82 Å². The Morgan fingerprint density at radius 2 is 2.00 bits per heavy atom. The van der Waals surface area contributed by atoms with E-state index < -0.39 is 27.8 Å². The van der Waals surface area contributed by atoms with Crippen LogP contribution in [-0.2, 0) is 22.9 Å². The first-order chi connectivity index (χ1) is 15.5. The molecule has 2 aliphatic rings. The molecule has 2 aromatic rings. The fourth-order valence-electron chi connectivity index (χ4n) is 4.33. The number of anilines is 2. The van der Waals surface area contributed by atoms with Gasteiger partial charge in [-0.15, -0.1) is 0 Å². The highest BCUT2D eigenvalue weighted by atomic mass is 32.2. The second kappa shape index (κ2) is 8.94. The summed E-state index contributed by atoms with van der Waals surface area (Å²) < 4.78 is 51.4. The second-order valence-electron chi connectivity index (χ2n) is 8.77. The molecule has 3 heterocycles. The molecule has 0 aromatic carbocycles. The number of primary sulfonamides is 1. The molecule has 33 heavy (non-hydrogen) atoms. The number of hydrogen-bond acceptors (Lipinski definition) is 6. The number of nitrogens with one attached hydrogen (secondary N) is 1.